The van der Waals surface area contributed by atoms with Gasteiger partial charge in [0.05, 0.1) is 29.9 Å². The predicted molar refractivity (Wildman–Crippen MR) is 104 cm³/mol. The number of aromatic nitrogens is 1. The summed E-state index contributed by atoms with van der Waals surface area (Å²) >= 11 is 0.744. The van der Waals surface area contributed by atoms with Crippen molar-refractivity contribution >= 4 is 27.5 Å². The second-order valence-electron chi connectivity index (χ2n) is 7.03. The van der Waals surface area contributed by atoms with E-state index in [0.29, 0.717) is 29.9 Å². The Morgan fingerprint density at radius 2 is 1.97 bits per heavy atom. The van der Waals surface area contributed by atoms with E-state index in [1.807, 2.05) is 0 Å². The topological polar surface area (TPSA) is 74.7 Å². The van der Waals surface area contributed by atoms with Crippen LogP contribution in [-0.4, -0.2) is 66.5 Å². The number of morpholine rings is 1. The van der Waals surface area contributed by atoms with Crippen LogP contribution in [-0.2, 0) is 15.1 Å². The number of benzene rings is 1. The van der Waals surface area contributed by atoms with Gasteiger partial charge in [0.15, 0.2) is 0 Å². The maximum Gasteiger partial charge on any atom is 0.424 e. The lowest BCUT2D eigenvalue weighted by molar-refractivity contribution is -0.267. The first-order valence-corrected chi connectivity index (χ1v) is 10.3. The Bertz CT molecular complexity index is 791. The highest BCUT2D eigenvalue weighted by molar-refractivity contribution is 7.18. The summed E-state index contributed by atoms with van der Waals surface area (Å²) in [5.74, 6) is -0.851. The maximum absolute atomic E-state index is 13.6. The molecule has 1 unspecified atom stereocenters. The Kier molecular flexibility index (Phi) is 7.10. The number of carbonyl (C=O) groups excluding carboxylic acids is 1. The number of hydrogen-bond donors (Lipinski definition) is 2. The van der Waals surface area contributed by atoms with Crippen LogP contribution in [0.1, 0.15) is 24.3 Å². The van der Waals surface area contributed by atoms with Gasteiger partial charge in [-0.15, -0.1) is 11.3 Å². The van der Waals surface area contributed by atoms with Crippen LogP contribution in [0.2, 0.25) is 0 Å². The number of nitrogens with one attached hydrogen (secondary N) is 1. The van der Waals surface area contributed by atoms with Gasteiger partial charge < -0.3 is 15.2 Å². The van der Waals surface area contributed by atoms with Gasteiger partial charge in [0, 0.05) is 19.6 Å². The number of halogens is 3. The van der Waals surface area contributed by atoms with Crippen molar-refractivity contribution in [1.82, 2.24) is 15.2 Å². The monoisotopic (exact) mass is 431 g/mol. The van der Waals surface area contributed by atoms with E-state index in [2.05, 4.69) is 15.2 Å². The van der Waals surface area contributed by atoms with Crippen LogP contribution in [0.4, 0.5) is 13.2 Å². The second-order valence-corrected chi connectivity index (χ2v) is 8.06. The Balaban J connectivity index is 1.54. The number of nitrogens with zero attached hydrogens (tertiary/aromatic N) is 2. The molecule has 10 heteroatoms. The molecule has 0 bridgehead atoms. The smallest absolute Gasteiger partial charge is 0.379 e. The van der Waals surface area contributed by atoms with Crippen LogP contribution in [0.15, 0.2) is 24.3 Å². The summed E-state index contributed by atoms with van der Waals surface area (Å²) in [6.07, 6.45) is -4.66. The number of para-hydroxylation sites is 1. The van der Waals surface area contributed by atoms with E-state index in [4.69, 9.17) is 4.74 Å². The lowest BCUT2D eigenvalue weighted by Gasteiger charge is -2.28. The van der Waals surface area contributed by atoms with Gasteiger partial charge in [-0.1, -0.05) is 12.1 Å². The van der Waals surface area contributed by atoms with Gasteiger partial charge in [0.2, 0.25) is 11.5 Å². The number of hydrogen-bond acceptors (Lipinski definition) is 6. The third-order valence-corrected chi connectivity index (χ3v) is 6.05. The number of aliphatic hydroxyl groups is 1. The molecule has 0 spiro atoms. The van der Waals surface area contributed by atoms with E-state index in [0.717, 1.165) is 37.4 Å². The van der Waals surface area contributed by atoms with Crippen molar-refractivity contribution in [2.45, 2.75) is 31.0 Å². The van der Waals surface area contributed by atoms with E-state index in [1.165, 1.54) is 0 Å². The molecular weight excluding hydrogens is 407 g/mol. The van der Waals surface area contributed by atoms with Crippen LogP contribution in [0.5, 0.6) is 0 Å². The van der Waals surface area contributed by atoms with Gasteiger partial charge in [-0.05, 0) is 31.5 Å². The number of thiazole rings is 1. The largest absolute Gasteiger partial charge is 0.424 e. The summed E-state index contributed by atoms with van der Waals surface area (Å²) in [6, 6.07) is 6.53. The van der Waals surface area contributed by atoms with Crippen LogP contribution in [0.25, 0.3) is 10.2 Å². The Hall–Kier alpha value is -1.75. The quantitative estimate of drug-likeness (QED) is 0.629. The first-order valence-electron chi connectivity index (χ1n) is 9.51. The minimum absolute atomic E-state index is 0.261. The molecule has 2 N–H and O–H groups in total. The molecule has 6 nitrogen and oxygen atoms in total. The molecule has 2 aromatic rings. The van der Waals surface area contributed by atoms with Gasteiger partial charge in [0.25, 0.3) is 0 Å². The molecular formula is C19H24F3N3O3S. The first-order chi connectivity index (χ1) is 13.8. The number of unbranched alkanes of at least 4 members (excludes halogenated alkanes) is 1. The molecule has 1 atom stereocenters. The molecule has 1 amide bonds. The molecule has 1 aromatic carbocycles. The standard InChI is InChI=1S/C19H24F3N3O3S/c20-19(21,22)18(27,17-24-14-5-1-2-6-15(14)29-17)13-16(26)23-7-3-4-8-25-9-11-28-12-10-25/h1-2,5-6,27H,3-4,7-13H2,(H,23,26). The van der Waals surface area contributed by atoms with Crippen LogP contribution in [0, 0.1) is 0 Å². The average Bonchev–Trinajstić information content (AvgIpc) is 3.12. The van der Waals surface area contributed by atoms with Crippen molar-refractivity contribution in [1.29, 1.82) is 0 Å². The normalized spacial score (nSPS) is 17.9. The minimum atomic E-state index is -5.02. The van der Waals surface area contributed by atoms with E-state index < -0.39 is 29.1 Å². The molecule has 0 aliphatic carbocycles. The van der Waals surface area contributed by atoms with Gasteiger partial charge >= 0.3 is 6.18 Å². The predicted octanol–water partition coefficient (Wildman–Crippen LogP) is 2.66. The average molecular weight is 431 g/mol. The van der Waals surface area contributed by atoms with Gasteiger partial charge in [-0.3, -0.25) is 9.69 Å². The molecule has 1 saturated heterocycles. The molecule has 160 valence electrons. The number of carbonyl (C=O) groups is 1. The van der Waals surface area contributed by atoms with Crippen molar-refractivity contribution in [3.05, 3.63) is 29.3 Å². The van der Waals surface area contributed by atoms with Gasteiger partial charge in [-0.25, -0.2) is 4.98 Å². The summed E-state index contributed by atoms with van der Waals surface area (Å²) < 4.78 is 46.7. The molecule has 1 fully saturated rings. The van der Waals surface area contributed by atoms with Crippen molar-refractivity contribution in [2.24, 2.45) is 0 Å². The van der Waals surface area contributed by atoms with Crippen LogP contribution < -0.4 is 5.32 Å². The van der Waals surface area contributed by atoms with Crippen LogP contribution >= 0.6 is 11.3 Å². The zero-order valence-corrected chi connectivity index (χ0v) is 16.7. The Morgan fingerprint density at radius 1 is 1.24 bits per heavy atom. The van der Waals surface area contributed by atoms with E-state index in [-0.39, 0.29) is 6.54 Å². The van der Waals surface area contributed by atoms with E-state index in [1.54, 1.807) is 24.3 Å². The van der Waals surface area contributed by atoms with E-state index in [9.17, 15) is 23.1 Å². The number of rotatable bonds is 8. The minimum Gasteiger partial charge on any atom is -0.379 e. The van der Waals surface area contributed by atoms with Crippen molar-refractivity contribution < 1.29 is 27.8 Å². The van der Waals surface area contributed by atoms with Crippen LogP contribution in [0.3, 0.4) is 0 Å². The van der Waals surface area contributed by atoms with Gasteiger partial charge in [0.1, 0.15) is 5.01 Å². The highest BCUT2D eigenvalue weighted by atomic mass is 32.1. The lowest BCUT2D eigenvalue weighted by Crippen LogP contribution is -2.46. The Labute approximate surface area is 170 Å². The third-order valence-electron chi connectivity index (χ3n) is 4.86. The summed E-state index contributed by atoms with van der Waals surface area (Å²) in [4.78, 5) is 18.3. The fourth-order valence-corrected chi connectivity index (χ4v) is 4.23. The second kappa shape index (κ2) is 9.38. The third kappa shape index (κ3) is 5.44. The van der Waals surface area contributed by atoms with Crippen molar-refractivity contribution in [2.75, 3.05) is 39.4 Å². The molecule has 3 rings (SSSR count). The molecule has 1 aliphatic rings. The fourth-order valence-electron chi connectivity index (χ4n) is 3.15. The van der Waals surface area contributed by atoms with Gasteiger partial charge in [-0.2, -0.15) is 13.2 Å². The summed E-state index contributed by atoms with van der Waals surface area (Å²) in [6.45, 7) is 4.27. The summed E-state index contributed by atoms with van der Waals surface area (Å²) in [7, 11) is 0. The fraction of sp³-hybridized carbons (Fsp3) is 0.579. The Morgan fingerprint density at radius 3 is 2.66 bits per heavy atom. The number of fused-ring (bicyclic) bond motifs is 1. The number of alkyl halides is 3. The van der Waals surface area contributed by atoms with Crippen molar-refractivity contribution in [3.8, 4) is 0 Å². The lowest BCUT2D eigenvalue weighted by atomic mass is 9.99. The maximum atomic E-state index is 13.6. The summed E-state index contributed by atoms with van der Waals surface area (Å²) in [5.41, 5.74) is -2.95. The molecule has 1 aliphatic heterocycles. The highest BCUT2D eigenvalue weighted by Gasteiger charge is 2.58. The highest BCUT2D eigenvalue weighted by Crippen LogP contribution is 2.44. The molecule has 29 heavy (non-hydrogen) atoms. The number of amides is 1. The molecule has 1 aromatic heterocycles. The zero-order chi connectivity index (χ0) is 20.9. The van der Waals surface area contributed by atoms with Crippen molar-refractivity contribution in [3.63, 3.8) is 0 Å². The zero-order valence-electron chi connectivity index (χ0n) is 15.9. The molecule has 0 radical (unpaired) electrons. The van der Waals surface area contributed by atoms with E-state index >= 15 is 0 Å². The first kappa shape index (κ1) is 21.9. The summed E-state index contributed by atoms with van der Waals surface area (Å²) in [5, 5.41) is 12.4. The SMILES string of the molecule is O=C(CC(O)(c1nc2ccccc2s1)C(F)(F)F)NCCCCN1CCOCC1. The number of ether oxygens (including phenoxy) is 1. The molecule has 2 heterocycles. The molecule has 0 saturated carbocycles.